The number of rotatable bonds is 5. The van der Waals surface area contributed by atoms with E-state index in [4.69, 9.17) is 5.26 Å². The molecule has 0 amide bonds. The summed E-state index contributed by atoms with van der Waals surface area (Å²) in [5, 5.41) is 12.3. The minimum Gasteiger partial charge on any atom is -0.313 e. The van der Waals surface area contributed by atoms with Crippen LogP contribution in [0.25, 0.3) is 0 Å². The Kier molecular flexibility index (Phi) is 5.23. The van der Waals surface area contributed by atoms with Gasteiger partial charge in [0.05, 0.1) is 5.56 Å². The van der Waals surface area contributed by atoms with Crippen LogP contribution in [-0.2, 0) is 6.54 Å². The predicted octanol–water partition coefficient (Wildman–Crippen LogP) is 2.78. The van der Waals surface area contributed by atoms with Crippen molar-refractivity contribution < 1.29 is 0 Å². The molecule has 80 valence electrons. The van der Waals surface area contributed by atoms with E-state index in [9.17, 15) is 0 Å². The van der Waals surface area contributed by atoms with Gasteiger partial charge in [0, 0.05) is 11.4 Å². The van der Waals surface area contributed by atoms with Gasteiger partial charge in [0.25, 0.3) is 0 Å². The smallest absolute Gasteiger partial charge is 0.100 e. The number of hydrogen-bond donors (Lipinski definition) is 1. The van der Waals surface area contributed by atoms with Crippen LogP contribution in [-0.4, -0.2) is 12.8 Å². The molecule has 0 radical (unpaired) electrons. The second-order valence-electron chi connectivity index (χ2n) is 3.32. The van der Waals surface area contributed by atoms with Gasteiger partial charge in [-0.05, 0) is 36.9 Å². The molecular formula is C12H16N2S. The average molecular weight is 220 g/mol. The van der Waals surface area contributed by atoms with Crippen LogP contribution < -0.4 is 5.32 Å². The van der Waals surface area contributed by atoms with Crippen molar-refractivity contribution >= 4 is 11.8 Å². The molecule has 1 rings (SSSR count). The zero-order valence-electron chi connectivity index (χ0n) is 9.21. The van der Waals surface area contributed by atoms with E-state index in [2.05, 4.69) is 24.4 Å². The van der Waals surface area contributed by atoms with E-state index >= 15 is 0 Å². The molecule has 0 saturated heterocycles. The fourth-order valence-electron chi connectivity index (χ4n) is 1.36. The lowest BCUT2D eigenvalue weighted by Crippen LogP contribution is -2.13. The molecule has 0 aliphatic heterocycles. The van der Waals surface area contributed by atoms with E-state index in [0.29, 0.717) is 0 Å². The first-order chi connectivity index (χ1) is 7.31. The Morgan fingerprint density at radius 3 is 2.87 bits per heavy atom. The molecule has 0 spiro atoms. The van der Waals surface area contributed by atoms with Gasteiger partial charge in [0.2, 0.25) is 0 Å². The van der Waals surface area contributed by atoms with Gasteiger partial charge in [-0.25, -0.2) is 0 Å². The predicted molar refractivity (Wildman–Crippen MR) is 64.9 cm³/mol. The molecule has 0 saturated carbocycles. The Morgan fingerprint density at radius 1 is 1.47 bits per heavy atom. The number of thioether (sulfide) groups is 1. The first kappa shape index (κ1) is 12.1. The van der Waals surface area contributed by atoms with Crippen molar-refractivity contribution in [2.45, 2.75) is 24.8 Å². The Bertz CT molecular complexity index is 355. The van der Waals surface area contributed by atoms with Gasteiger partial charge in [-0.3, -0.25) is 0 Å². The molecule has 0 aromatic heterocycles. The molecule has 2 nitrogen and oxygen atoms in total. The van der Waals surface area contributed by atoms with Crippen LogP contribution in [0.2, 0.25) is 0 Å². The van der Waals surface area contributed by atoms with Gasteiger partial charge in [-0.15, -0.1) is 11.8 Å². The highest BCUT2D eigenvalue weighted by Gasteiger charge is 2.01. The first-order valence-corrected chi connectivity index (χ1v) is 6.32. The van der Waals surface area contributed by atoms with E-state index in [1.54, 1.807) is 11.8 Å². The van der Waals surface area contributed by atoms with Crippen molar-refractivity contribution in [1.82, 2.24) is 5.32 Å². The quantitative estimate of drug-likeness (QED) is 0.612. The van der Waals surface area contributed by atoms with E-state index in [1.165, 1.54) is 5.56 Å². The van der Waals surface area contributed by atoms with Crippen molar-refractivity contribution in [1.29, 1.82) is 5.26 Å². The molecule has 1 aromatic rings. The summed E-state index contributed by atoms with van der Waals surface area (Å²) in [6.45, 7) is 4.01. The van der Waals surface area contributed by atoms with E-state index in [0.717, 1.165) is 30.0 Å². The molecule has 1 aromatic carbocycles. The number of nitriles is 1. The first-order valence-electron chi connectivity index (χ1n) is 5.09. The van der Waals surface area contributed by atoms with Crippen molar-refractivity contribution in [3.8, 4) is 6.07 Å². The third-order valence-electron chi connectivity index (χ3n) is 2.14. The fraction of sp³-hybridized carbons (Fsp3) is 0.417. The average Bonchev–Trinajstić information content (AvgIpc) is 2.29. The van der Waals surface area contributed by atoms with Crippen molar-refractivity contribution in [2.75, 3.05) is 12.8 Å². The summed E-state index contributed by atoms with van der Waals surface area (Å²) >= 11 is 1.61. The fourth-order valence-corrected chi connectivity index (χ4v) is 1.89. The third kappa shape index (κ3) is 3.58. The van der Waals surface area contributed by atoms with Crippen LogP contribution in [0.4, 0.5) is 0 Å². The molecule has 0 unspecified atom stereocenters. The van der Waals surface area contributed by atoms with Crippen LogP contribution in [0.5, 0.6) is 0 Å². The summed E-state index contributed by atoms with van der Waals surface area (Å²) in [6.07, 6.45) is 3.12. The monoisotopic (exact) mass is 220 g/mol. The summed E-state index contributed by atoms with van der Waals surface area (Å²) in [5.41, 5.74) is 1.95. The molecule has 0 aliphatic carbocycles. The minimum absolute atomic E-state index is 0.776. The van der Waals surface area contributed by atoms with Crippen molar-refractivity contribution in [3.63, 3.8) is 0 Å². The largest absolute Gasteiger partial charge is 0.313 e. The molecule has 0 bridgehead atoms. The number of nitrogens with zero attached hydrogens (tertiary/aromatic N) is 1. The Balaban J connectivity index is 2.71. The standard InChI is InChI=1S/C12H16N2S/c1-3-6-14-9-10-4-5-12(15-2)11(7-10)8-13/h4-5,7,14H,3,6,9H2,1-2H3. The second kappa shape index (κ2) is 6.49. The van der Waals surface area contributed by atoms with E-state index in [1.807, 2.05) is 18.4 Å². The summed E-state index contributed by atoms with van der Waals surface area (Å²) in [6, 6.07) is 8.29. The number of benzene rings is 1. The van der Waals surface area contributed by atoms with Gasteiger partial charge in [0.15, 0.2) is 0 Å². The van der Waals surface area contributed by atoms with Gasteiger partial charge < -0.3 is 5.32 Å². The lowest BCUT2D eigenvalue weighted by atomic mass is 10.1. The molecule has 15 heavy (non-hydrogen) atoms. The van der Waals surface area contributed by atoms with Crippen LogP contribution in [0.1, 0.15) is 24.5 Å². The molecular weight excluding hydrogens is 204 g/mol. The summed E-state index contributed by atoms with van der Waals surface area (Å²) in [5.74, 6) is 0. The Morgan fingerprint density at radius 2 is 2.27 bits per heavy atom. The molecule has 1 N–H and O–H groups in total. The lowest BCUT2D eigenvalue weighted by molar-refractivity contribution is 0.675. The normalized spacial score (nSPS) is 9.93. The van der Waals surface area contributed by atoms with E-state index < -0.39 is 0 Å². The van der Waals surface area contributed by atoms with Gasteiger partial charge in [-0.2, -0.15) is 5.26 Å². The second-order valence-corrected chi connectivity index (χ2v) is 4.17. The summed E-state index contributed by atoms with van der Waals surface area (Å²) in [7, 11) is 0. The number of nitrogens with one attached hydrogen (secondary N) is 1. The Labute approximate surface area is 95.7 Å². The van der Waals surface area contributed by atoms with Crippen LogP contribution in [0.3, 0.4) is 0 Å². The maximum atomic E-state index is 8.96. The molecule has 0 aliphatic rings. The highest BCUT2D eigenvalue weighted by Crippen LogP contribution is 2.20. The molecule has 0 heterocycles. The summed E-state index contributed by atoms with van der Waals surface area (Å²) in [4.78, 5) is 1.05. The Hall–Kier alpha value is -0.980. The van der Waals surface area contributed by atoms with Gasteiger partial charge in [-0.1, -0.05) is 13.0 Å². The number of hydrogen-bond acceptors (Lipinski definition) is 3. The highest BCUT2D eigenvalue weighted by atomic mass is 32.2. The highest BCUT2D eigenvalue weighted by molar-refractivity contribution is 7.98. The van der Waals surface area contributed by atoms with Crippen molar-refractivity contribution in [3.05, 3.63) is 29.3 Å². The molecule has 0 fully saturated rings. The maximum absolute atomic E-state index is 8.96. The van der Waals surface area contributed by atoms with Crippen LogP contribution in [0, 0.1) is 11.3 Å². The lowest BCUT2D eigenvalue weighted by Gasteiger charge is -2.05. The zero-order valence-corrected chi connectivity index (χ0v) is 10.0. The van der Waals surface area contributed by atoms with E-state index in [-0.39, 0.29) is 0 Å². The minimum atomic E-state index is 0.776. The van der Waals surface area contributed by atoms with Crippen LogP contribution in [0.15, 0.2) is 23.1 Å². The SMILES string of the molecule is CCCNCc1ccc(SC)c(C#N)c1. The van der Waals surface area contributed by atoms with Crippen molar-refractivity contribution in [2.24, 2.45) is 0 Å². The van der Waals surface area contributed by atoms with Gasteiger partial charge in [0.1, 0.15) is 6.07 Å². The van der Waals surface area contributed by atoms with Gasteiger partial charge >= 0.3 is 0 Å². The third-order valence-corrected chi connectivity index (χ3v) is 2.94. The topological polar surface area (TPSA) is 35.8 Å². The zero-order chi connectivity index (χ0) is 11.1. The van der Waals surface area contributed by atoms with Crippen LogP contribution >= 0.6 is 11.8 Å². The molecule has 0 atom stereocenters. The maximum Gasteiger partial charge on any atom is 0.100 e. The summed E-state index contributed by atoms with van der Waals surface area (Å²) < 4.78 is 0. The molecule has 3 heteroatoms.